The summed E-state index contributed by atoms with van der Waals surface area (Å²) in [5, 5.41) is 5.54. The van der Waals surface area contributed by atoms with E-state index in [-0.39, 0.29) is 24.3 Å². The van der Waals surface area contributed by atoms with Crippen molar-refractivity contribution < 1.29 is 14.0 Å². The Kier molecular flexibility index (Phi) is 5.52. The van der Waals surface area contributed by atoms with Gasteiger partial charge in [-0.1, -0.05) is 30.3 Å². The number of amides is 3. The summed E-state index contributed by atoms with van der Waals surface area (Å²) in [6, 6.07) is 12.1. The number of nitrogens with one attached hydrogen (secondary N) is 2. The van der Waals surface area contributed by atoms with Crippen molar-refractivity contribution in [1.29, 1.82) is 0 Å². The smallest absolute Gasteiger partial charge is 0.315 e. The standard InChI is InChI=1S/C21H22FN3O2S/c22-16-8-3-7-15-17(10-12-28-20(15)16)24-21(27)23-13-19(26)25-11-4-6-14-5-1-2-9-18(14)25/h1-3,5,7-9,17H,4,6,10-13H2,(H2,23,24,27)/t17-/m1/s1. The maximum absolute atomic E-state index is 14.0. The van der Waals surface area contributed by atoms with Crippen molar-refractivity contribution in [3.8, 4) is 0 Å². The predicted octanol–water partition coefficient (Wildman–Crippen LogP) is 3.64. The summed E-state index contributed by atoms with van der Waals surface area (Å²) in [5.41, 5.74) is 2.88. The molecule has 2 aliphatic heterocycles. The molecule has 146 valence electrons. The van der Waals surface area contributed by atoms with Crippen molar-refractivity contribution in [2.75, 3.05) is 23.7 Å². The molecule has 28 heavy (non-hydrogen) atoms. The van der Waals surface area contributed by atoms with E-state index in [0.717, 1.165) is 41.8 Å². The molecule has 0 aromatic heterocycles. The minimum Gasteiger partial charge on any atom is -0.331 e. The molecule has 4 rings (SSSR count). The number of anilines is 1. The van der Waals surface area contributed by atoms with Crippen molar-refractivity contribution in [1.82, 2.24) is 10.6 Å². The van der Waals surface area contributed by atoms with Gasteiger partial charge in [0.05, 0.1) is 12.6 Å². The number of benzene rings is 2. The molecule has 2 aliphatic rings. The largest absolute Gasteiger partial charge is 0.331 e. The fraction of sp³-hybridized carbons (Fsp3) is 0.333. The first-order valence-electron chi connectivity index (χ1n) is 9.47. The number of nitrogens with zero attached hydrogens (tertiary/aromatic N) is 1. The molecule has 0 radical (unpaired) electrons. The number of urea groups is 1. The zero-order valence-electron chi connectivity index (χ0n) is 15.4. The summed E-state index contributed by atoms with van der Waals surface area (Å²) >= 11 is 1.47. The normalized spacial score (nSPS) is 18.0. The van der Waals surface area contributed by atoms with E-state index in [1.165, 1.54) is 17.8 Å². The second-order valence-corrected chi connectivity index (χ2v) is 8.06. The molecule has 7 heteroatoms. The molecule has 2 aromatic carbocycles. The predicted molar refractivity (Wildman–Crippen MR) is 108 cm³/mol. The second-order valence-electron chi connectivity index (χ2n) is 6.95. The van der Waals surface area contributed by atoms with Gasteiger partial charge in [0.1, 0.15) is 5.82 Å². The molecule has 5 nitrogen and oxygen atoms in total. The van der Waals surface area contributed by atoms with Crippen molar-refractivity contribution in [2.24, 2.45) is 0 Å². The molecule has 3 amide bonds. The third kappa shape index (κ3) is 3.85. The van der Waals surface area contributed by atoms with E-state index >= 15 is 0 Å². The molecule has 0 saturated carbocycles. The van der Waals surface area contributed by atoms with Crippen LogP contribution in [0.25, 0.3) is 0 Å². The number of hydrogen-bond donors (Lipinski definition) is 2. The highest BCUT2D eigenvalue weighted by Gasteiger charge is 2.26. The van der Waals surface area contributed by atoms with Crippen molar-refractivity contribution >= 4 is 29.4 Å². The van der Waals surface area contributed by atoms with Crippen LogP contribution < -0.4 is 15.5 Å². The Bertz CT molecular complexity index is 905. The van der Waals surface area contributed by atoms with Crippen LogP contribution in [0.1, 0.15) is 30.0 Å². The molecule has 0 unspecified atom stereocenters. The molecular weight excluding hydrogens is 377 g/mol. The summed E-state index contributed by atoms with van der Waals surface area (Å²) in [4.78, 5) is 27.3. The lowest BCUT2D eigenvalue weighted by Crippen LogP contribution is -2.46. The van der Waals surface area contributed by atoms with Crippen LogP contribution in [-0.4, -0.2) is 30.8 Å². The van der Waals surface area contributed by atoms with Crippen LogP contribution in [0.2, 0.25) is 0 Å². The third-order valence-electron chi connectivity index (χ3n) is 5.14. The van der Waals surface area contributed by atoms with Gasteiger partial charge >= 0.3 is 6.03 Å². The molecule has 0 spiro atoms. The van der Waals surface area contributed by atoms with Gasteiger partial charge in [0, 0.05) is 22.9 Å². The number of para-hydroxylation sites is 1. The maximum Gasteiger partial charge on any atom is 0.315 e. The van der Waals surface area contributed by atoms with E-state index in [0.29, 0.717) is 11.4 Å². The Balaban J connectivity index is 1.36. The number of aryl methyl sites for hydroxylation is 1. The van der Waals surface area contributed by atoms with E-state index < -0.39 is 6.03 Å². The van der Waals surface area contributed by atoms with Crippen LogP contribution in [0.15, 0.2) is 47.4 Å². The zero-order chi connectivity index (χ0) is 19.5. The lowest BCUT2D eigenvalue weighted by Gasteiger charge is -2.30. The second kappa shape index (κ2) is 8.22. The first-order valence-corrected chi connectivity index (χ1v) is 10.5. The van der Waals surface area contributed by atoms with Crippen LogP contribution in [0.5, 0.6) is 0 Å². The summed E-state index contributed by atoms with van der Waals surface area (Å²) in [6.45, 7) is 0.587. The number of thioether (sulfide) groups is 1. The van der Waals surface area contributed by atoms with E-state index in [4.69, 9.17) is 0 Å². The van der Waals surface area contributed by atoms with Gasteiger partial charge < -0.3 is 15.5 Å². The van der Waals surface area contributed by atoms with Gasteiger partial charge in [0.2, 0.25) is 5.91 Å². The lowest BCUT2D eigenvalue weighted by molar-refractivity contribution is -0.117. The van der Waals surface area contributed by atoms with Crippen molar-refractivity contribution in [2.45, 2.75) is 30.2 Å². The number of fused-ring (bicyclic) bond motifs is 2. The molecule has 2 heterocycles. The first-order chi connectivity index (χ1) is 13.6. The Morgan fingerprint density at radius 1 is 1.18 bits per heavy atom. The lowest BCUT2D eigenvalue weighted by atomic mass is 10.0. The molecule has 0 saturated heterocycles. The van der Waals surface area contributed by atoms with Crippen LogP contribution in [0, 0.1) is 5.82 Å². The van der Waals surface area contributed by atoms with Crippen LogP contribution >= 0.6 is 11.8 Å². The van der Waals surface area contributed by atoms with Crippen LogP contribution in [0.4, 0.5) is 14.9 Å². The van der Waals surface area contributed by atoms with Crippen LogP contribution in [0.3, 0.4) is 0 Å². The number of carbonyl (C=O) groups excluding carboxylic acids is 2. The molecule has 1 atom stereocenters. The number of halogens is 1. The summed E-state index contributed by atoms with van der Waals surface area (Å²) in [5.74, 6) is 0.351. The maximum atomic E-state index is 14.0. The molecule has 0 fully saturated rings. The number of rotatable bonds is 3. The highest BCUT2D eigenvalue weighted by molar-refractivity contribution is 7.99. The molecule has 0 aliphatic carbocycles. The average Bonchev–Trinajstić information content (AvgIpc) is 2.72. The quantitative estimate of drug-likeness (QED) is 0.828. The Morgan fingerprint density at radius 2 is 2.04 bits per heavy atom. The monoisotopic (exact) mass is 399 g/mol. The highest BCUT2D eigenvalue weighted by atomic mass is 32.2. The Hall–Kier alpha value is -2.54. The molecule has 2 aromatic rings. The Labute approximate surface area is 167 Å². The topological polar surface area (TPSA) is 61.4 Å². The molecule has 0 bridgehead atoms. The average molecular weight is 399 g/mol. The molecular formula is C21H22FN3O2S. The fourth-order valence-electron chi connectivity index (χ4n) is 3.79. The van der Waals surface area contributed by atoms with Gasteiger partial charge in [0.15, 0.2) is 0 Å². The van der Waals surface area contributed by atoms with E-state index in [1.54, 1.807) is 11.0 Å². The Morgan fingerprint density at radius 3 is 2.93 bits per heavy atom. The minimum atomic E-state index is -0.411. The van der Waals surface area contributed by atoms with Crippen molar-refractivity contribution in [3.05, 3.63) is 59.4 Å². The van der Waals surface area contributed by atoms with E-state index in [9.17, 15) is 14.0 Å². The van der Waals surface area contributed by atoms with Gasteiger partial charge in [-0.15, -0.1) is 11.8 Å². The van der Waals surface area contributed by atoms with Gasteiger partial charge in [-0.05, 0) is 42.5 Å². The first kappa shape index (κ1) is 18.8. The third-order valence-corrected chi connectivity index (χ3v) is 6.30. The zero-order valence-corrected chi connectivity index (χ0v) is 16.2. The summed E-state index contributed by atoms with van der Waals surface area (Å²) in [6.07, 6.45) is 2.60. The van der Waals surface area contributed by atoms with Crippen LogP contribution in [-0.2, 0) is 11.2 Å². The summed E-state index contributed by atoms with van der Waals surface area (Å²) < 4.78 is 14.0. The number of hydrogen-bond acceptors (Lipinski definition) is 3. The highest BCUT2D eigenvalue weighted by Crippen LogP contribution is 2.37. The SMILES string of the molecule is O=C(NCC(=O)N1CCCc2ccccc21)N[C@@H]1CCSc2c(F)cccc21. The van der Waals surface area contributed by atoms with Crippen molar-refractivity contribution in [3.63, 3.8) is 0 Å². The van der Waals surface area contributed by atoms with E-state index in [2.05, 4.69) is 10.6 Å². The van der Waals surface area contributed by atoms with Gasteiger partial charge in [0.25, 0.3) is 0 Å². The van der Waals surface area contributed by atoms with E-state index in [1.807, 2.05) is 30.3 Å². The van der Waals surface area contributed by atoms with Gasteiger partial charge in [-0.3, -0.25) is 4.79 Å². The van der Waals surface area contributed by atoms with Gasteiger partial charge in [-0.25, -0.2) is 9.18 Å². The number of carbonyl (C=O) groups is 2. The minimum absolute atomic E-state index is 0.0718. The molecule has 2 N–H and O–H groups in total. The fourth-order valence-corrected chi connectivity index (χ4v) is 4.93. The summed E-state index contributed by atoms with van der Waals surface area (Å²) in [7, 11) is 0. The van der Waals surface area contributed by atoms with Gasteiger partial charge in [-0.2, -0.15) is 0 Å².